The number of anilines is 2. The number of benzene rings is 3. The number of hydrogen-bond donors (Lipinski definition) is 2. The molecule has 3 aromatic rings. The molecule has 2 amide bonds. The molecule has 33 heavy (non-hydrogen) atoms. The van der Waals surface area contributed by atoms with Crippen LogP contribution in [0.25, 0.3) is 0 Å². The number of piperidine rings is 1. The standard InChI is InChI=1S/C28H33N3O2/c1-21(31-18-9-8-14-24(31)19-22-11-4-3-5-12-22)26-16-6-7-17-27(26)30-28(32)29-23-13-10-15-25(20-23)33-2/h3-7,10-13,15-17,20-21,24H,8-9,14,18-19H2,1-2H3,(H2,29,30,32). The molecule has 2 unspecified atom stereocenters. The molecule has 1 aliphatic heterocycles. The Bertz CT molecular complexity index is 1050. The Hall–Kier alpha value is -3.31. The minimum absolute atomic E-state index is 0.201. The van der Waals surface area contributed by atoms with Gasteiger partial charge in [0.05, 0.1) is 7.11 Å². The van der Waals surface area contributed by atoms with Crippen molar-refractivity contribution in [2.45, 2.75) is 44.7 Å². The summed E-state index contributed by atoms with van der Waals surface area (Å²) >= 11 is 0. The summed E-state index contributed by atoms with van der Waals surface area (Å²) in [6.07, 6.45) is 4.73. The van der Waals surface area contributed by atoms with Gasteiger partial charge in [-0.2, -0.15) is 0 Å². The molecule has 0 aromatic heterocycles. The first-order valence-electron chi connectivity index (χ1n) is 11.7. The fourth-order valence-corrected chi connectivity index (χ4v) is 4.78. The number of para-hydroxylation sites is 1. The van der Waals surface area contributed by atoms with E-state index in [4.69, 9.17) is 4.74 Å². The molecule has 172 valence electrons. The van der Waals surface area contributed by atoms with Gasteiger partial charge in [-0.1, -0.05) is 61.0 Å². The zero-order valence-electron chi connectivity index (χ0n) is 19.5. The van der Waals surface area contributed by atoms with Gasteiger partial charge in [0.2, 0.25) is 0 Å². The van der Waals surface area contributed by atoms with E-state index in [-0.39, 0.29) is 12.1 Å². The van der Waals surface area contributed by atoms with Crippen LogP contribution in [0.15, 0.2) is 78.9 Å². The largest absolute Gasteiger partial charge is 0.497 e. The molecule has 5 heteroatoms. The number of nitrogens with zero attached hydrogens (tertiary/aromatic N) is 1. The zero-order valence-corrected chi connectivity index (χ0v) is 19.5. The van der Waals surface area contributed by atoms with E-state index in [0.717, 1.165) is 24.2 Å². The number of carbonyl (C=O) groups is 1. The molecule has 0 saturated carbocycles. The first-order chi connectivity index (χ1) is 16.1. The van der Waals surface area contributed by atoms with Gasteiger partial charge >= 0.3 is 6.03 Å². The fraction of sp³-hybridized carbons (Fsp3) is 0.321. The van der Waals surface area contributed by atoms with E-state index in [0.29, 0.717) is 17.5 Å². The highest BCUT2D eigenvalue weighted by Gasteiger charge is 2.28. The van der Waals surface area contributed by atoms with Crippen LogP contribution in [0.4, 0.5) is 16.2 Å². The van der Waals surface area contributed by atoms with Gasteiger partial charge < -0.3 is 15.4 Å². The Labute approximate surface area is 196 Å². The highest BCUT2D eigenvalue weighted by molar-refractivity contribution is 6.00. The first kappa shape index (κ1) is 22.9. The van der Waals surface area contributed by atoms with Crippen LogP contribution in [0.3, 0.4) is 0 Å². The minimum atomic E-state index is -0.262. The summed E-state index contributed by atoms with van der Waals surface area (Å²) in [6, 6.07) is 26.7. The van der Waals surface area contributed by atoms with Gasteiger partial charge in [0.1, 0.15) is 5.75 Å². The van der Waals surface area contributed by atoms with Crippen molar-refractivity contribution < 1.29 is 9.53 Å². The van der Waals surface area contributed by atoms with E-state index in [9.17, 15) is 4.79 Å². The van der Waals surface area contributed by atoms with E-state index >= 15 is 0 Å². The average molecular weight is 444 g/mol. The predicted molar refractivity (Wildman–Crippen MR) is 135 cm³/mol. The van der Waals surface area contributed by atoms with Crippen LogP contribution in [0, 0.1) is 0 Å². The third-order valence-corrected chi connectivity index (χ3v) is 6.47. The molecule has 2 atom stereocenters. The molecular formula is C28H33N3O2. The van der Waals surface area contributed by atoms with Crippen molar-refractivity contribution in [2.24, 2.45) is 0 Å². The van der Waals surface area contributed by atoms with Crippen molar-refractivity contribution in [3.63, 3.8) is 0 Å². The number of carbonyl (C=O) groups excluding carboxylic acids is 1. The normalized spacial score (nSPS) is 17.2. The van der Waals surface area contributed by atoms with E-state index in [1.54, 1.807) is 13.2 Å². The quantitative estimate of drug-likeness (QED) is 0.438. The molecule has 1 saturated heterocycles. The summed E-state index contributed by atoms with van der Waals surface area (Å²) in [4.78, 5) is 15.4. The molecule has 1 fully saturated rings. The molecule has 0 aliphatic carbocycles. The SMILES string of the molecule is COc1cccc(NC(=O)Nc2ccccc2C(C)N2CCCCC2Cc2ccccc2)c1. The van der Waals surface area contributed by atoms with Gasteiger partial charge in [-0.25, -0.2) is 4.79 Å². The van der Waals surface area contributed by atoms with Crippen LogP contribution in [0.2, 0.25) is 0 Å². The van der Waals surface area contributed by atoms with E-state index in [1.165, 1.54) is 24.8 Å². The van der Waals surface area contributed by atoms with Gasteiger partial charge in [-0.3, -0.25) is 4.90 Å². The Morgan fingerprint density at radius 2 is 1.79 bits per heavy atom. The van der Waals surface area contributed by atoms with Gasteiger partial charge in [0.25, 0.3) is 0 Å². The van der Waals surface area contributed by atoms with Crippen molar-refractivity contribution in [2.75, 3.05) is 24.3 Å². The average Bonchev–Trinajstić information content (AvgIpc) is 2.85. The second-order valence-electron chi connectivity index (χ2n) is 8.65. The molecule has 3 aromatic carbocycles. The zero-order chi connectivity index (χ0) is 23.0. The summed E-state index contributed by atoms with van der Waals surface area (Å²) in [5, 5.41) is 5.97. The van der Waals surface area contributed by atoms with Crippen LogP contribution in [-0.4, -0.2) is 30.6 Å². The number of urea groups is 1. The van der Waals surface area contributed by atoms with Gasteiger partial charge in [0, 0.05) is 29.5 Å². The van der Waals surface area contributed by atoms with Crippen LogP contribution >= 0.6 is 0 Å². The topological polar surface area (TPSA) is 53.6 Å². The summed E-state index contributed by atoms with van der Waals surface area (Å²) in [5.74, 6) is 0.705. The Morgan fingerprint density at radius 3 is 2.61 bits per heavy atom. The number of nitrogens with one attached hydrogen (secondary N) is 2. The van der Waals surface area contributed by atoms with Crippen LogP contribution in [-0.2, 0) is 6.42 Å². The summed E-state index contributed by atoms with van der Waals surface area (Å²) < 4.78 is 5.25. The summed E-state index contributed by atoms with van der Waals surface area (Å²) in [6.45, 7) is 3.33. The monoisotopic (exact) mass is 443 g/mol. The maximum absolute atomic E-state index is 12.8. The molecule has 1 aliphatic rings. The highest BCUT2D eigenvalue weighted by atomic mass is 16.5. The summed E-state index contributed by atoms with van der Waals surface area (Å²) in [7, 11) is 1.61. The number of likely N-dealkylation sites (tertiary alicyclic amines) is 1. The van der Waals surface area contributed by atoms with E-state index in [1.807, 2.05) is 36.4 Å². The number of ether oxygens (including phenoxy) is 1. The minimum Gasteiger partial charge on any atom is -0.497 e. The Balaban J connectivity index is 1.48. The van der Waals surface area contributed by atoms with Crippen molar-refractivity contribution in [1.29, 1.82) is 0 Å². The Kier molecular flexibility index (Phi) is 7.63. The molecular weight excluding hydrogens is 410 g/mol. The van der Waals surface area contributed by atoms with E-state index in [2.05, 4.69) is 58.9 Å². The maximum Gasteiger partial charge on any atom is 0.323 e. The Morgan fingerprint density at radius 1 is 1.00 bits per heavy atom. The lowest BCUT2D eigenvalue weighted by Gasteiger charge is -2.40. The van der Waals surface area contributed by atoms with Crippen molar-refractivity contribution in [3.05, 3.63) is 90.0 Å². The predicted octanol–water partition coefficient (Wildman–Crippen LogP) is 6.50. The highest BCUT2D eigenvalue weighted by Crippen LogP contribution is 2.33. The smallest absolute Gasteiger partial charge is 0.323 e. The molecule has 0 bridgehead atoms. The van der Waals surface area contributed by atoms with Crippen molar-refractivity contribution in [3.8, 4) is 5.75 Å². The lowest BCUT2D eigenvalue weighted by Crippen LogP contribution is -2.42. The molecule has 1 heterocycles. The van der Waals surface area contributed by atoms with Crippen LogP contribution < -0.4 is 15.4 Å². The number of rotatable bonds is 7. The van der Waals surface area contributed by atoms with Crippen molar-refractivity contribution in [1.82, 2.24) is 4.90 Å². The van der Waals surface area contributed by atoms with Gasteiger partial charge in [0.15, 0.2) is 0 Å². The fourth-order valence-electron chi connectivity index (χ4n) is 4.78. The second-order valence-corrected chi connectivity index (χ2v) is 8.65. The molecule has 2 N–H and O–H groups in total. The maximum atomic E-state index is 12.8. The number of hydrogen-bond acceptors (Lipinski definition) is 3. The molecule has 5 nitrogen and oxygen atoms in total. The van der Waals surface area contributed by atoms with Crippen LogP contribution in [0.1, 0.15) is 43.4 Å². The van der Waals surface area contributed by atoms with Gasteiger partial charge in [-0.05, 0) is 62.1 Å². The molecule has 4 rings (SSSR count). The van der Waals surface area contributed by atoms with Crippen LogP contribution in [0.5, 0.6) is 5.75 Å². The number of methoxy groups -OCH3 is 1. The third-order valence-electron chi connectivity index (χ3n) is 6.47. The third kappa shape index (κ3) is 5.93. The summed E-state index contributed by atoms with van der Waals surface area (Å²) in [5.41, 5.74) is 4.05. The first-order valence-corrected chi connectivity index (χ1v) is 11.7. The van der Waals surface area contributed by atoms with Gasteiger partial charge in [-0.15, -0.1) is 0 Å². The number of amides is 2. The molecule has 0 spiro atoms. The van der Waals surface area contributed by atoms with E-state index < -0.39 is 0 Å². The lowest BCUT2D eigenvalue weighted by atomic mass is 9.92. The second kappa shape index (κ2) is 11.0. The lowest BCUT2D eigenvalue weighted by molar-refractivity contribution is 0.103. The van der Waals surface area contributed by atoms with Crippen molar-refractivity contribution >= 4 is 17.4 Å². The molecule has 0 radical (unpaired) electrons.